The quantitative estimate of drug-likeness (QED) is 0.606. The fourth-order valence-corrected chi connectivity index (χ4v) is 1.61. The Morgan fingerprint density at radius 3 is 2.61 bits per heavy atom. The number of alkyl halides is 1. The van der Waals surface area contributed by atoms with Crippen molar-refractivity contribution in [3.05, 3.63) is 35.4 Å². The summed E-state index contributed by atoms with van der Waals surface area (Å²) in [5, 5.41) is 5.40. The van der Waals surface area contributed by atoms with E-state index in [1.807, 2.05) is 25.1 Å². The number of amides is 2. The van der Waals surface area contributed by atoms with E-state index in [-0.39, 0.29) is 11.8 Å². The van der Waals surface area contributed by atoms with E-state index in [2.05, 4.69) is 10.6 Å². The Kier molecular flexibility index (Phi) is 6.22. The van der Waals surface area contributed by atoms with Crippen molar-refractivity contribution >= 4 is 23.4 Å². The van der Waals surface area contributed by atoms with Crippen LogP contribution in [0, 0.1) is 6.92 Å². The van der Waals surface area contributed by atoms with Gasteiger partial charge in [-0.2, -0.15) is 0 Å². The van der Waals surface area contributed by atoms with Crippen molar-refractivity contribution in [1.29, 1.82) is 0 Å². The third kappa shape index (κ3) is 5.19. The van der Waals surface area contributed by atoms with E-state index in [4.69, 9.17) is 11.6 Å². The van der Waals surface area contributed by atoms with Crippen LogP contribution in [0.25, 0.3) is 0 Å². The highest BCUT2D eigenvalue weighted by molar-refractivity contribution is 6.18. The van der Waals surface area contributed by atoms with Crippen molar-refractivity contribution in [1.82, 2.24) is 10.6 Å². The second kappa shape index (κ2) is 7.71. The molecule has 1 rings (SSSR count). The summed E-state index contributed by atoms with van der Waals surface area (Å²) in [4.78, 5) is 22.8. The summed E-state index contributed by atoms with van der Waals surface area (Å²) in [7, 11) is 0. The van der Waals surface area contributed by atoms with Gasteiger partial charge < -0.3 is 10.6 Å². The van der Waals surface area contributed by atoms with Gasteiger partial charge in [-0.3, -0.25) is 9.59 Å². The molecule has 0 heterocycles. The van der Waals surface area contributed by atoms with Gasteiger partial charge in [-0.1, -0.05) is 17.7 Å². The third-order valence-corrected chi connectivity index (χ3v) is 2.52. The van der Waals surface area contributed by atoms with E-state index >= 15 is 0 Å². The first-order valence-electron chi connectivity index (χ1n) is 5.81. The minimum Gasteiger partial charge on any atom is -0.354 e. The molecular weight excluding hydrogens is 252 g/mol. The number of nitrogens with one attached hydrogen (secondary N) is 2. The molecule has 1 aromatic rings. The number of carbonyl (C=O) groups is 2. The Labute approximate surface area is 112 Å². The van der Waals surface area contributed by atoms with Gasteiger partial charge in [0.25, 0.3) is 5.91 Å². The van der Waals surface area contributed by atoms with E-state index < -0.39 is 0 Å². The molecule has 0 fully saturated rings. The molecule has 0 radical (unpaired) electrons. The standard InChI is InChI=1S/C13H17ClN2O2/c1-10-3-2-4-11(9-10)13(18)16-8-7-15-12(17)5-6-14/h2-4,9H,5-8H2,1H3,(H,15,17)(H,16,18). The van der Waals surface area contributed by atoms with E-state index in [9.17, 15) is 9.59 Å². The van der Waals surface area contributed by atoms with Gasteiger partial charge in [0.1, 0.15) is 0 Å². The molecule has 0 unspecified atom stereocenters. The molecule has 0 aliphatic carbocycles. The average Bonchev–Trinajstić information content (AvgIpc) is 2.35. The molecule has 2 N–H and O–H groups in total. The molecule has 0 bridgehead atoms. The topological polar surface area (TPSA) is 58.2 Å². The van der Waals surface area contributed by atoms with Crippen molar-refractivity contribution in [3.63, 3.8) is 0 Å². The van der Waals surface area contributed by atoms with Crippen LogP contribution >= 0.6 is 11.6 Å². The lowest BCUT2D eigenvalue weighted by Gasteiger charge is -2.07. The fourth-order valence-electron chi connectivity index (χ4n) is 1.44. The van der Waals surface area contributed by atoms with Gasteiger partial charge in [0.05, 0.1) is 0 Å². The SMILES string of the molecule is Cc1cccc(C(=O)NCCNC(=O)CCCl)c1. The molecule has 0 spiro atoms. The molecule has 0 aliphatic heterocycles. The molecule has 0 aliphatic rings. The maximum Gasteiger partial charge on any atom is 0.251 e. The highest BCUT2D eigenvalue weighted by atomic mass is 35.5. The minimum atomic E-state index is -0.134. The van der Waals surface area contributed by atoms with Crippen molar-refractivity contribution in [2.45, 2.75) is 13.3 Å². The number of rotatable bonds is 6. The highest BCUT2D eigenvalue weighted by Gasteiger charge is 2.04. The van der Waals surface area contributed by atoms with Crippen LogP contribution in [-0.4, -0.2) is 30.8 Å². The van der Waals surface area contributed by atoms with E-state index in [0.29, 0.717) is 31.0 Å². The zero-order chi connectivity index (χ0) is 13.4. The van der Waals surface area contributed by atoms with Crippen LogP contribution in [0.4, 0.5) is 0 Å². The summed E-state index contributed by atoms with van der Waals surface area (Å²) >= 11 is 5.42. The lowest BCUT2D eigenvalue weighted by Crippen LogP contribution is -2.34. The third-order valence-electron chi connectivity index (χ3n) is 2.33. The number of aryl methyl sites for hydroxylation is 1. The highest BCUT2D eigenvalue weighted by Crippen LogP contribution is 2.03. The Morgan fingerprint density at radius 1 is 1.22 bits per heavy atom. The summed E-state index contributed by atoms with van der Waals surface area (Å²) in [6.07, 6.45) is 0.299. The van der Waals surface area contributed by atoms with Gasteiger partial charge in [0.15, 0.2) is 0 Å². The minimum absolute atomic E-state index is 0.102. The first kappa shape index (κ1) is 14.5. The molecule has 18 heavy (non-hydrogen) atoms. The summed E-state index contributed by atoms with van der Waals surface area (Å²) in [5.41, 5.74) is 1.67. The van der Waals surface area contributed by atoms with Crippen molar-refractivity contribution in [3.8, 4) is 0 Å². The molecule has 0 saturated heterocycles. The first-order valence-corrected chi connectivity index (χ1v) is 6.34. The van der Waals surface area contributed by atoms with Crippen molar-refractivity contribution in [2.75, 3.05) is 19.0 Å². The molecule has 98 valence electrons. The molecule has 0 saturated carbocycles. The van der Waals surface area contributed by atoms with Gasteiger partial charge in [-0.25, -0.2) is 0 Å². The molecule has 0 atom stereocenters. The maximum atomic E-state index is 11.7. The number of hydrogen-bond donors (Lipinski definition) is 2. The first-order chi connectivity index (χ1) is 8.63. The molecule has 1 aromatic carbocycles. The molecule has 0 aromatic heterocycles. The lowest BCUT2D eigenvalue weighted by molar-refractivity contribution is -0.120. The Hall–Kier alpha value is -1.55. The number of carbonyl (C=O) groups excluding carboxylic acids is 2. The second-order valence-corrected chi connectivity index (χ2v) is 4.29. The molecular formula is C13H17ClN2O2. The van der Waals surface area contributed by atoms with Gasteiger partial charge >= 0.3 is 0 Å². The fraction of sp³-hybridized carbons (Fsp3) is 0.385. The van der Waals surface area contributed by atoms with Crippen LogP contribution in [0.5, 0.6) is 0 Å². The lowest BCUT2D eigenvalue weighted by atomic mass is 10.1. The van der Waals surface area contributed by atoms with Crippen LogP contribution in [-0.2, 0) is 4.79 Å². The van der Waals surface area contributed by atoms with E-state index in [1.165, 1.54) is 0 Å². The normalized spacial score (nSPS) is 9.89. The molecule has 4 nitrogen and oxygen atoms in total. The smallest absolute Gasteiger partial charge is 0.251 e. The van der Waals surface area contributed by atoms with Gasteiger partial charge in [0.2, 0.25) is 5.91 Å². The van der Waals surface area contributed by atoms with E-state index in [1.54, 1.807) is 6.07 Å². The van der Waals surface area contributed by atoms with Gasteiger partial charge in [-0.05, 0) is 19.1 Å². The average molecular weight is 269 g/mol. The van der Waals surface area contributed by atoms with Crippen LogP contribution in [0.15, 0.2) is 24.3 Å². The van der Waals surface area contributed by atoms with Crippen LogP contribution < -0.4 is 10.6 Å². The zero-order valence-electron chi connectivity index (χ0n) is 10.3. The van der Waals surface area contributed by atoms with Gasteiger partial charge in [0, 0.05) is 31.0 Å². The van der Waals surface area contributed by atoms with Crippen LogP contribution in [0.2, 0.25) is 0 Å². The molecule has 2 amide bonds. The second-order valence-electron chi connectivity index (χ2n) is 3.91. The predicted octanol–water partition coefficient (Wildman–Crippen LogP) is 1.47. The van der Waals surface area contributed by atoms with E-state index in [0.717, 1.165) is 5.56 Å². The predicted molar refractivity (Wildman–Crippen MR) is 71.9 cm³/mol. The number of benzene rings is 1. The number of hydrogen-bond acceptors (Lipinski definition) is 2. The maximum absolute atomic E-state index is 11.7. The van der Waals surface area contributed by atoms with Crippen molar-refractivity contribution in [2.24, 2.45) is 0 Å². The Bertz CT molecular complexity index is 421. The largest absolute Gasteiger partial charge is 0.354 e. The summed E-state index contributed by atoms with van der Waals surface area (Å²) in [5.74, 6) is 0.0710. The Balaban J connectivity index is 2.27. The summed E-state index contributed by atoms with van der Waals surface area (Å²) in [6, 6.07) is 7.35. The van der Waals surface area contributed by atoms with Crippen molar-refractivity contribution < 1.29 is 9.59 Å². The Morgan fingerprint density at radius 2 is 1.94 bits per heavy atom. The summed E-state index contributed by atoms with van der Waals surface area (Å²) < 4.78 is 0. The monoisotopic (exact) mass is 268 g/mol. The van der Waals surface area contributed by atoms with Crippen LogP contribution in [0.3, 0.4) is 0 Å². The zero-order valence-corrected chi connectivity index (χ0v) is 11.1. The molecule has 5 heteroatoms. The summed E-state index contributed by atoms with van der Waals surface area (Å²) in [6.45, 7) is 2.75. The number of halogens is 1. The van der Waals surface area contributed by atoms with Gasteiger partial charge in [-0.15, -0.1) is 11.6 Å². The van der Waals surface area contributed by atoms with Crippen LogP contribution in [0.1, 0.15) is 22.3 Å².